The lowest BCUT2D eigenvalue weighted by Crippen LogP contribution is -2.41. The molecule has 1 heterocycles. The summed E-state index contributed by atoms with van der Waals surface area (Å²) in [4.78, 5) is 10.6. The van der Waals surface area contributed by atoms with E-state index in [1.807, 2.05) is 6.92 Å². The number of methoxy groups -OCH3 is 1. The Hall–Kier alpha value is -0.420. The van der Waals surface area contributed by atoms with E-state index in [0.717, 1.165) is 6.29 Å². The van der Waals surface area contributed by atoms with Crippen LogP contribution in [0.3, 0.4) is 0 Å². The molecule has 0 aliphatic carbocycles. The number of ether oxygens (including phenoxy) is 1. The van der Waals surface area contributed by atoms with E-state index < -0.39 is 15.4 Å². The maximum atomic E-state index is 11.3. The van der Waals surface area contributed by atoms with Crippen LogP contribution in [0.2, 0.25) is 0 Å². The second-order valence-corrected chi connectivity index (χ2v) is 6.62. The minimum absolute atomic E-state index is 0.163. The first-order valence-electron chi connectivity index (χ1n) is 5.13. The van der Waals surface area contributed by atoms with E-state index in [1.165, 1.54) is 0 Å². The van der Waals surface area contributed by atoms with Crippen LogP contribution in [0, 0.1) is 5.92 Å². The van der Waals surface area contributed by atoms with Gasteiger partial charge in [-0.15, -0.1) is 0 Å². The maximum absolute atomic E-state index is 11.3. The van der Waals surface area contributed by atoms with E-state index in [4.69, 9.17) is 4.74 Å². The molecule has 1 atom stereocenters. The summed E-state index contributed by atoms with van der Waals surface area (Å²) in [7, 11) is -1.27. The smallest absolute Gasteiger partial charge is 0.150 e. The molecule has 1 aliphatic heterocycles. The molecule has 0 radical (unpaired) electrons. The molecule has 0 N–H and O–H groups in total. The van der Waals surface area contributed by atoms with Gasteiger partial charge in [-0.25, -0.2) is 8.42 Å². The fourth-order valence-electron chi connectivity index (χ4n) is 2.08. The van der Waals surface area contributed by atoms with Gasteiger partial charge in [-0.2, -0.15) is 0 Å². The van der Waals surface area contributed by atoms with Crippen molar-refractivity contribution < 1.29 is 17.9 Å². The third-order valence-electron chi connectivity index (χ3n) is 3.37. The summed E-state index contributed by atoms with van der Waals surface area (Å²) in [6, 6.07) is 0. The van der Waals surface area contributed by atoms with Crippen LogP contribution in [0.5, 0.6) is 0 Å². The first kappa shape index (κ1) is 12.6. The van der Waals surface area contributed by atoms with Gasteiger partial charge in [0, 0.05) is 13.5 Å². The molecule has 4 nitrogen and oxygen atoms in total. The fraction of sp³-hybridized carbons (Fsp3) is 0.900. The van der Waals surface area contributed by atoms with Gasteiger partial charge >= 0.3 is 0 Å². The molecule has 0 aromatic rings. The zero-order chi connectivity index (χ0) is 11.5. The van der Waals surface area contributed by atoms with Gasteiger partial charge < -0.3 is 9.53 Å². The van der Waals surface area contributed by atoms with Crippen molar-refractivity contribution in [3.05, 3.63) is 0 Å². The highest BCUT2D eigenvalue weighted by Gasteiger charge is 2.37. The SMILES string of the molecule is COC(C)(CC=O)C1CCS(=O)(=O)CC1. The summed E-state index contributed by atoms with van der Waals surface area (Å²) < 4.78 is 27.9. The molecular formula is C10H18O4S. The molecule has 0 saturated carbocycles. The lowest BCUT2D eigenvalue weighted by molar-refractivity contribution is -0.117. The van der Waals surface area contributed by atoms with Crippen LogP contribution >= 0.6 is 0 Å². The fourth-order valence-corrected chi connectivity index (χ4v) is 3.57. The topological polar surface area (TPSA) is 60.4 Å². The molecule has 0 aromatic carbocycles. The number of hydrogen-bond donors (Lipinski definition) is 0. The molecule has 1 aliphatic rings. The normalized spacial score (nSPS) is 25.7. The van der Waals surface area contributed by atoms with Crippen molar-refractivity contribution in [2.75, 3.05) is 18.6 Å². The Kier molecular flexibility index (Phi) is 3.89. The highest BCUT2D eigenvalue weighted by molar-refractivity contribution is 7.91. The Morgan fingerprint density at radius 3 is 2.33 bits per heavy atom. The van der Waals surface area contributed by atoms with Gasteiger partial charge in [-0.1, -0.05) is 0 Å². The predicted octanol–water partition coefficient (Wildman–Crippen LogP) is 0.805. The van der Waals surface area contributed by atoms with E-state index in [1.54, 1.807) is 7.11 Å². The highest BCUT2D eigenvalue weighted by atomic mass is 32.2. The predicted molar refractivity (Wildman–Crippen MR) is 57.5 cm³/mol. The average Bonchev–Trinajstić information content (AvgIpc) is 2.17. The van der Waals surface area contributed by atoms with Gasteiger partial charge in [0.15, 0.2) is 0 Å². The number of rotatable bonds is 4. The summed E-state index contributed by atoms with van der Waals surface area (Å²) in [6.07, 6.45) is 2.36. The molecular weight excluding hydrogens is 216 g/mol. The molecule has 0 spiro atoms. The first-order chi connectivity index (χ1) is 6.93. The van der Waals surface area contributed by atoms with Crippen LogP contribution in [-0.4, -0.2) is 38.9 Å². The third-order valence-corrected chi connectivity index (χ3v) is 5.09. The Bertz CT molecular complexity index is 308. The molecule has 1 rings (SSSR count). The van der Waals surface area contributed by atoms with Gasteiger partial charge in [-0.3, -0.25) is 0 Å². The van der Waals surface area contributed by atoms with Gasteiger partial charge in [0.25, 0.3) is 0 Å². The minimum atomic E-state index is -2.84. The summed E-state index contributed by atoms with van der Waals surface area (Å²) >= 11 is 0. The Balaban J connectivity index is 2.68. The molecule has 0 aromatic heterocycles. The molecule has 0 amide bonds. The minimum Gasteiger partial charge on any atom is -0.378 e. The zero-order valence-electron chi connectivity index (χ0n) is 9.23. The standard InChI is InChI=1S/C10H18O4S/c1-10(14-2,5-6-11)9-3-7-15(12,13)8-4-9/h6,9H,3-5,7-8H2,1-2H3. The number of aldehydes is 1. The van der Waals surface area contributed by atoms with Crippen LogP contribution < -0.4 is 0 Å². The largest absolute Gasteiger partial charge is 0.378 e. The van der Waals surface area contributed by atoms with Crippen molar-refractivity contribution in [2.45, 2.75) is 31.8 Å². The van der Waals surface area contributed by atoms with Crippen LogP contribution in [0.4, 0.5) is 0 Å². The summed E-state index contributed by atoms with van der Waals surface area (Å²) in [5, 5.41) is 0. The van der Waals surface area contributed by atoms with Crippen molar-refractivity contribution in [3.8, 4) is 0 Å². The Labute approximate surface area is 90.9 Å². The summed E-state index contributed by atoms with van der Waals surface area (Å²) in [5.74, 6) is 0.599. The van der Waals surface area contributed by atoms with Crippen molar-refractivity contribution in [1.29, 1.82) is 0 Å². The highest BCUT2D eigenvalue weighted by Crippen LogP contribution is 2.33. The van der Waals surface area contributed by atoms with E-state index in [0.29, 0.717) is 19.3 Å². The second kappa shape index (κ2) is 4.61. The quantitative estimate of drug-likeness (QED) is 0.675. The Morgan fingerprint density at radius 1 is 1.40 bits per heavy atom. The summed E-state index contributed by atoms with van der Waals surface area (Å²) in [6.45, 7) is 1.88. The van der Waals surface area contributed by atoms with E-state index in [2.05, 4.69) is 0 Å². The second-order valence-electron chi connectivity index (χ2n) is 4.31. The van der Waals surface area contributed by atoms with Crippen LogP contribution in [0.1, 0.15) is 26.2 Å². The van der Waals surface area contributed by atoms with Gasteiger partial charge in [0.05, 0.1) is 17.1 Å². The van der Waals surface area contributed by atoms with Crippen LogP contribution in [0.15, 0.2) is 0 Å². The van der Waals surface area contributed by atoms with Crippen molar-refractivity contribution in [2.24, 2.45) is 5.92 Å². The third kappa shape index (κ3) is 3.01. The van der Waals surface area contributed by atoms with E-state index in [9.17, 15) is 13.2 Å². The lowest BCUT2D eigenvalue weighted by Gasteiger charge is -2.37. The number of carbonyl (C=O) groups is 1. The molecule has 1 saturated heterocycles. The lowest BCUT2D eigenvalue weighted by atomic mass is 9.82. The average molecular weight is 234 g/mol. The molecule has 1 fully saturated rings. The summed E-state index contributed by atoms with van der Waals surface area (Å²) in [5.41, 5.74) is -0.502. The van der Waals surface area contributed by atoms with Gasteiger partial charge in [-0.05, 0) is 25.7 Å². The van der Waals surface area contributed by atoms with Crippen molar-refractivity contribution >= 4 is 16.1 Å². The van der Waals surface area contributed by atoms with Crippen LogP contribution in [0.25, 0.3) is 0 Å². The van der Waals surface area contributed by atoms with E-state index in [-0.39, 0.29) is 17.4 Å². The van der Waals surface area contributed by atoms with Gasteiger partial charge in [0.2, 0.25) is 0 Å². The first-order valence-corrected chi connectivity index (χ1v) is 6.95. The van der Waals surface area contributed by atoms with Gasteiger partial charge in [0.1, 0.15) is 16.1 Å². The molecule has 88 valence electrons. The molecule has 15 heavy (non-hydrogen) atoms. The number of hydrogen-bond acceptors (Lipinski definition) is 4. The molecule has 1 unspecified atom stereocenters. The molecule has 5 heteroatoms. The van der Waals surface area contributed by atoms with E-state index >= 15 is 0 Å². The maximum Gasteiger partial charge on any atom is 0.150 e. The van der Waals surface area contributed by atoms with Crippen molar-refractivity contribution in [3.63, 3.8) is 0 Å². The number of sulfone groups is 1. The number of carbonyl (C=O) groups excluding carboxylic acids is 1. The van der Waals surface area contributed by atoms with Crippen molar-refractivity contribution in [1.82, 2.24) is 0 Å². The monoisotopic (exact) mass is 234 g/mol. The molecule has 0 bridgehead atoms. The Morgan fingerprint density at radius 2 is 1.93 bits per heavy atom. The zero-order valence-corrected chi connectivity index (χ0v) is 10.0. The van der Waals surface area contributed by atoms with Crippen LogP contribution in [-0.2, 0) is 19.4 Å².